The van der Waals surface area contributed by atoms with Crippen molar-refractivity contribution in [1.29, 1.82) is 0 Å². The minimum atomic E-state index is -0.183. The molecule has 2 heterocycles. The van der Waals surface area contributed by atoms with Crippen LogP contribution in [0.25, 0.3) is 10.9 Å². The van der Waals surface area contributed by atoms with E-state index < -0.39 is 0 Å². The molecule has 1 saturated heterocycles. The Balaban J connectivity index is 1.93. The van der Waals surface area contributed by atoms with Gasteiger partial charge in [-0.1, -0.05) is 0 Å². The lowest BCUT2D eigenvalue weighted by Gasteiger charge is -2.33. The van der Waals surface area contributed by atoms with Crippen LogP contribution in [0.4, 0.5) is 4.39 Å². The Bertz CT molecular complexity index is 584. The molecule has 1 aromatic carbocycles. The number of H-pyrrole nitrogens is 1. The van der Waals surface area contributed by atoms with Crippen molar-refractivity contribution in [3.05, 3.63) is 35.8 Å². The summed E-state index contributed by atoms with van der Waals surface area (Å²) in [7, 11) is 2.16. The number of fused-ring (bicyclic) bond motifs is 1. The summed E-state index contributed by atoms with van der Waals surface area (Å²) in [4.78, 5) is 5.61. The van der Waals surface area contributed by atoms with Crippen LogP contribution in [-0.2, 0) is 0 Å². The highest BCUT2D eigenvalue weighted by atomic mass is 19.1. The molecule has 108 valence electrons. The summed E-state index contributed by atoms with van der Waals surface area (Å²) in [5.74, 6) is 0.732. The van der Waals surface area contributed by atoms with Crippen molar-refractivity contribution in [2.24, 2.45) is 11.7 Å². The van der Waals surface area contributed by atoms with E-state index in [1.165, 1.54) is 24.5 Å². The summed E-state index contributed by atoms with van der Waals surface area (Å²) in [6.45, 7) is 2.87. The zero-order chi connectivity index (χ0) is 14.1. The lowest BCUT2D eigenvalue weighted by Crippen LogP contribution is -2.34. The van der Waals surface area contributed by atoms with Crippen LogP contribution in [-0.4, -0.2) is 36.6 Å². The quantitative estimate of drug-likeness (QED) is 0.904. The predicted octanol–water partition coefficient (Wildman–Crippen LogP) is 2.69. The Hall–Kier alpha value is -1.39. The minimum absolute atomic E-state index is 0.183. The van der Waals surface area contributed by atoms with Gasteiger partial charge in [0.25, 0.3) is 0 Å². The largest absolute Gasteiger partial charge is 0.361 e. The fourth-order valence-corrected chi connectivity index (χ4v) is 3.43. The van der Waals surface area contributed by atoms with E-state index in [0.717, 1.165) is 24.0 Å². The minimum Gasteiger partial charge on any atom is -0.361 e. The molecule has 1 aromatic heterocycles. The van der Waals surface area contributed by atoms with Crippen molar-refractivity contribution >= 4 is 10.9 Å². The van der Waals surface area contributed by atoms with Crippen LogP contribution in [0.15, 0.2) is 24.4 Å². The summed E-state index contributed by atoms with van der Waals surface area (Å²) >= 11 is 0. The summed E-state index contributed by atoms with van der Waals surface area (Å²) < 4.78 is 13.5. The highest BCUT2D eigenvalue weighted by Crippen LogP contribution is 2.35. The van der Waals surface area contributed by atoms with E-state index in [1.54, 1.807) is 12.1 Å². The van der Waals surface area contributed by atoms with Gasteiger partial charge < -0.3 is 15.6 Å². The molecule has 0 aliphatic carbocycles. The number of aromatic nitrogens is 1. The second kappa shape index (κ2) is 5.54. The van der Waals surface area contributed by atoms with Gasteiger partial charge in [0, 0.05) is 23.0 Å². The lowest BCUT2D eigenvalue weighted by molar-refractivity contribution is 0.199. The first-order chi connectivity index (χ1) is 9.69. The molecule has 0 spiro atoms. The molecule has 0 bridgehead atoms. The molecule has 0 radical (unpaired) electrons. The number of rotatable bonds is 3. The van der Waals surface area contributed by atoms with Crippen molar-refractivity contribution < 1.29 is 4.39 Å². The summed E-state index contributed by atoms with van der Waals surface area (Å²) in [6.07, 6.45) is 4.35. The van der Waals surface area contributed by atoms with Crippen LogP contribution < -0.4 is 5.73 Å². The van der Waals surface area contributed by atoms with Gasteiger partial charge in [-0.3, -0.25) is 0 Å². The number of nitrogens with one attached hydrogen (secondary N) is 1. The number of nitrogens with zero attached hydrogens (tertiary/aromatic N) is 1. The summed E-state index contributed by atoms with van der Waals surface area (Å²) in [6, 6.07) is 4.92. The molecule has 2 aromatic rings. The van der Waals surface area contributed by atoms with Crippen molar-refractivity contribution in [2.45, 2.75) is 18.8 Å². The molecule has 3 N–H and O–H groups in total. The Labute approximate surface area is 119 Å². The topological polar surface area (TPSA) is 45.0 Å². The second-order valence-corrected chi connectivity index (χ2v) is 5.92. The molecule has 0 amide bonds. The molecule has 1 atom stereocenters. The van der Waals surface area contributed by atoms with Gasteiger partial charge in [-0.15, -0.1) is 0 Å². The maximum absolute atomic E-state index is 13.5. The highest BCUT2D eigenvalue weighted by Gasteiger charge is 2.27. The zero-order valence-corrected chi connectivity index (χ0v) is 11.9. The van der Waals surface area contributed by atoms with E-state index in [0.29, 0.717) is 18.4 Å². The Morgan fingerprint density at radius 3 is 2.85 bits per heavy atom. The molecule has 3 rings (SSSR count). The SMILES string of the molecule is CN1CCC(C(CN)c2c[nH]c3ccc(F)cc23)CC1. The molecule has 1 unspecified atom stereocenters. The smallest absolute Gasteiger partial charge is 0.123 e. The number of benzene rings is 1. The van der Waals surface area contributed by atoms with Gasteiger partial charge in [0.15, 0.2) is 0 Å². The molecule has 20 heavy (non-hydrogen) atoms. The van der Waals surface area contributed by atoms with Crippen LogP contribution in [0.1, 0.15) is 24.3 Å². The van der Waals surface area contributed by atoms with Gasteiger partial charge in [-0.25, -0.2) is 4.39 Å². The first-order valence-corrected chi connectivity index (χ1v) is 7.34. The van der Waals surface area contributed by atoms with Crippen molar-refractivity contribution in [2.75, 3.05) is 26.7 Å². The zero-order valence-electron chi connectivity index (χ0n) is 11.9. The van der Waals surface area contributed by atoms with Crippen LogP contribution >= 0.6 is 0 Å². The van der Waals surface area contributed by atoms with E-state index >= 15 is 0 Å². The third kappa shape index (κ3) is 2.45. The van der Waals surface area contributed by atoms with Crippen LogP contribution in [0.5, 0.6) is 0 Å². The van der Waals surface area contributed by atoms with Crippen LogP contribution in [0.2, 0.25) is 0 Å². The first kappa shape index (κ1) is 13.6. The Morgan fingerprint density at radius 1 is 1.40 bits per heavy atom. The van der Waals surface area contributed by atoms with Gasteiger partial charge in [0.05, 0.1) is 0 Å². The van der Waals surface area contributed by atoms with Gasteiger partial charge in [0.2, 0.25) is 0 Å². The average molecular weight is 275 g/mol. The van der Waals surface area contributed by atoms with Crippen molar-refractivity contribution in [1.82, 2.24) is 9.88 Å². The molecule has 4 heteroatoms. The molecule has 3 nitrogen and oxygen atoms in total. The van der Waals surface area contributed by atoms with Crippen molar-refractivity contribution in [3.63, 3.8) is 0 Å². The number of hydrogen-bond donors (Lipinski definition) is 2. The first-order valence-electron chi connectivity index (χ1n) is 7.34. The number of piperidine rings is 1. The van der Waals surface area contributed by atoms with E-state index in [-0.39, 0.29) is 5.82 Å². The van der Waals surface area contributed by atoms with E-state index in [4.69, 9.17) is 5.73 Å². The number of aromatic amines is 1. The maximum Gasteiger partial charge on any atom is 0.123 e. The van der Waals surface area contributed by atoms with Crippen LogP contribution in [0, 0.1) is 11.7 Å². The van der Waals surface area contributed by atoms with Gasteiger partial charge in [-0.05, 0) is 69.2 Å². The molecule has 1 fully saturated rings. The monoisotopic (exact) mass is 275 g/mol. The average Bonchev–Trinajstić information content (AvgIpc) is 2.85. The fraction of sp³-hybridized carbons (Fsp3) is 0.500. The number of nitrogens with two attached hydrogens (primary N) is 1. The Morgan fingerprint density at radius 2 is 2.15 bits per heavy atom. The fourth-order valence-electron chi connectivity index (χ4n) is 3.43. The van der Waals surface area contributed by atoms with E-state index in [9.17, 15) is 4.39 Å². The maximum atomic E-state index is 13.5. The summed E-state index contributed by atoms with van der Waals surface area (Å²) in [5, 5.41) is 0.986. The number of halogens is 1. The number of hydrogen-bond acceptors (Lipinski definition) is 2. The standard InChI is InChI=1S/C16H22FN3/c1-20-6-4-11(5-7-20)14(9-18)15-10-19-16-3-2-12(17)8-13(15)16/h2-3,8,10-11,14,19H,4-7,9,18H2,1H3. The van der Waals surface area contributed by atoms with Gasteiger partial charge in [0.1, 0.15) is 5.82 Å². The Kier molecular flexibility index (Phi) is 3.76. The molecule has 1 aliphatic rings. The number of likely N-dealkylation sites (tertiary alicyclic amines) is 1. The summed E-state index contributed by atoms with van der Waals surface area (Å²) in [5.41, 5.74) is 8.21. The van der Waals surface area contributed by atoms with E-state index in [2.05, 4.69) is 16.9 Å². The lowest BCUT2D eigenvalue weighted by atomic mass is 9.80. The van der Waals surface area contributed by atoms with Gasteiger partial charge >= 0.3 is 0 Å². The predicted molar refractivity (Wildman–Crippen MR) is 80.3 cm³/mol. The molecular weight excluding hydrogens is 253 g/mol. The van der Waals surface area contributed by atoms with Gasteiger partial charge in [-0.2, -0.15) is 0 Å². The molecule has 1 aliphatic heterocycles. The third-order valence-electron chi connectivity index (χ3n) is 4.66. The third-order valence-corrected chi connectivity index (χ3v) is 4.66. The van der Waals surface area contributed by atoms with Crippen molar-refractivity contribution in [3.8, 4) is 0 Å². The highest BCUT2D eigenvalue weighted by molar-refractivity contribution is 5.83. The molecular formula is C16H22FN3. The van der Waals surface area contributed by atoms with Crippen LogP contribution in [0.3, 0.4) is 0 Å². The molecule has 0 saturated carbocycles. The normalized spacial score (nSPS) is 19.6. The van der Waals surface area contributed by atoms with E-state index in [1.807, 2.05) is 6.20 Å². The second-order valence-electron chi connectivity index (χ2n) is 5.92.